The number of hydrogen-bond acceptors (Lipinski definition) is 2. The normalized spacial score (nSPS) is 35.0. The smallest absolute Gasteiger partial charge is 0.304 e. The second-order valence-corrected chi connectivity index (χ2v) is 5.65. The molecule has 3 nitrogen and oxygen atoms in total. The molecule has 1 aliphatic carbocycles. The van der Waals surface area contributed by atoms with Crippen LogP contribution < -0.4 is 0 Å². The van der Waals surface area contributed by atoms with Crippen LogP contribution in [0.1, 0.15) is 58.3 Å². The van der Waals surface area contributed by atoms with Crippen LogP contribution in [0.4, 0.5) is 0 Å². The molecule has 98 valence electrons. The summed E-state index contributed by atoms with van der Waals surface area (Å²) in [5, 5.41) is 9.02. The van der Waals surface area contributed by atoms with Crippen molar-refractivity contribution >= 4 is 5.97 Å². The van der Waals surface area contributed by atoms with E-state index in [0.29, 0.717) is 18.5 Å². The number of aliphatic carboxylic acids is 1. The van der Waals surface area contributed by atoms with Gasteiger partial charge >= 0.3 is 5.97 Å². The van der Waals surface area contributed by atoms with Crippen LogP contribution in [0.3, 0.4) is 0 Å². The van der Waals surface area contributed by atoms with Crippen LogP contribution in [0, 0.1) is 5.92 Å². The Morgan fingerprint density at radius 3 is 2.76 bits per heavy atom. The number of carboxylic acid groups (broad SMARTS) is 1. The average Bonchev–Trinajstić information content (AvgIpc) is 2.77. The lowest BCUT2D eigenvalue weighted by Gasteiger charge is -2.41. The standard InChI is InChI=1S/C14H25NO2/c1-2-11-6-5-8-13(11)15-9-4-3-7-12(15)10-14(16)17/h11-13H,2-10H2,1H3,(H,16,17). The first-order chi connectivity index (χ1) is 8.22. The molecule has 2 fully saturated rings. The first-order valence-electron chi connectivity index (χ1n) is 7.20. The minimum atomic E-state index is -0.632. The van der Waals surface area contributed by atoms with Gasteiger partial charge in [-0.25, -0.2) is 0 Å². The fourth-order valence-electron chi connectivity index (χ4n) is 3.81. The fraction of sp³-hybridized carbons (Fsp3) is 0.929. The second-order valence-electron chi connectivity index (χ2n) is 5.65. The molecule has 2 rings (SSSR count). The summed E-state index contributed by atoms with van der Waals surface area (Å²) in [5.74, 6) is 0.178. The Bertz CT molecular complexity index is 267. The van der Waals surface area contributed by atoms with Crippen LogP contribution in [0.25, 0.3) is 0 Å². The molecule has 1 heterocycles. The van der Waals surface area contributed by atoms with E-state index < -0.39 is 5.97 Å². The van der Waals surface area contributed by atoms with Crippen molar-refractivity contribution in [3.05, 3.63) is 0 Å². The largest absolute Gasteiger partial charge is 0.481 e. The van der Waals surface area contributed by atoms with Crippen molar-refractivity contribution in [1.82, 2.24) is 4.90 Å². The van der Waals surface area contributed by atoms with Gasteiger partial charge in [-0.1, -0.05) is 26.2 Å². The van der Waals surface area contributed by atoms with Crippen LogP contribution in [0.2, 0.25) is 0 Å². The molecule has 1 saturated carbocycles. The number of rotatable bonds is 4. The molecule has 0 aromatic rings. The van der Waals surface area contributed by atoms with E-state index in [0.717, 1.165) is 18.9 Å². The Morgan fingerprint density at radius 1 is 1.24 bits per heavy atom. The van der Waals surface area contributed by atoms with Crippen molar-refractivity contribution in [2.75, 3.05) is 6.54 Å². The first-order valence-corrected chi connectivity index (χ1v) is 7.20. The highest BCUT2D eigenvalue weighted by atomic mass is 16.4. The van der Waals surface area contributed by atoms with Gasteiger partial charge in [0.1, 0.15) is 0 Å². The van der Waals surface area contributed by atoms with Gasteiger partial charge in [-0.15, -0.1) is 0 Å². The molecule has 0 bridgehead atoms. The molecule has 0 amide bonds. The summed E-state index contributed by atoms with van der Waals surface area (Å²) >= 11 is 0. The molecule has 0 spiro atoms. The third kappa shape index (κ3) is 3.01. The Labute approximate surface area is 104 Å². The minimum Gasteiger partial charge on any atom is -0.481 e. The predicted octanol–water partition coefficient (Wildman–Crippen LogP) is 2.89. The second kappa shape index (κ2) is 5.85. The van der Waals surface area contributed by atoms with Crippen molar-refractivity contribution in [2.45, 2.75) is 70.4 Å². The molecular formula is C14H25NO2. The van der Waals surface area contributed by atoms with Gasteiger partial charge in [0.25, 0.3) is 0 Å². The van der Waals surface area contributed by atoms with Crippen molar-refractivity contribution in [2.24, 2.45) is 5.92 Å². The summed E-state index contributed by atoms with van der Waals surface area (Å²) in [4.78, 5) is 13.5. The topological polar surface area (TPSA) is 40.5 Å². The summed E-state index contributed by atoms with van der Waals surface area (Å²) in [5.41, 5.74) is 0. The number of hydrogen-bond donors (Lipinski definition) is 1. The maximum atomic E-state index is 11.0. The molecule has 0 aromatic carbocycles. The molecule has 0 aromatic heterocycles. The van der Waals surface area contributed by atoms with Gasteiger partial charge in [0.15, 0.2) is 0 Å². The first kappa shape index (κ1) is 12.9. The van der Waals surface area contributed by atoms with Crippen molar-refractivity contribution in [3.8, 4) is 0 Å². The van der Waals surface area contributed by atoms with Crippen molar-refractivity contribution < 1.29 is 9.90 Å². The summed E-state index contributed by atoms with van der Waals surface area (Å²) in [6.07, 6.45) is 9.10. The highest BCUT2D eigenvalue weighted by Gasteiger charge is 2.36. The average molecular weight is 239 g/mol. The Kier molecular flexibility index (Phi) is 4.43. The summed E-state index contributed by atoms with van der Waals surface area (Å²) < 4.78 is 0. The van der Waals surface area contributed by atoms with E-state index in [-0.39, 0.29) is 0 Å². The van der Waals surface area contributed by atoms with Crippen LogP contribution in [-0.2, 0) is 4.79 Å². The minimum absolute atomic E-state index is 0.304. The van der Waals surface area contributed by atoms with E-state index in [1.165, 1.54) is 38.5 Å². The Hall–Kier alpha value is -0.570. The molecule has 3 unspecified atom stereocenters. The SMILES string of the molecule is CCC1CCCC1N1CCCCC1CC(=O)O. The van der Waals surface area contributed by atoms with E-state index >= 15 is 0 Å². The highest BCUT2D eigenvalue weighted by Crippen LogP contribution is 2.36. The van der Waals surface area contributed by atoms with Gasteiger partial charge in [-0.05, 0) is 38.1 Å². The lowest BCUT2D eigenvalue weighted by atomic mass is 9.92. The third-order valence-corrected chi connectivity index (χ3v) is 4.65. The zero-order valence-corrected chi connectivity index (χ0v) is 10.9. The summed E-state index contributed by atoms with van der Waals surface area (Å²) in [6.45, 7) is 3.40. The fourth-order valence-corrected chi connectivity index (χ4v) is 3.81. The van der Waals surface area contributed by atoms with Crippen LogP contribution >= 0.6 is 0 Å². The lowest BCUT2D eigenvalue weighted by molar-refractivity contribution is -0.139. The molecule has 1 aliphatic heterocycles. The molecule has 1 saturated heterocycles. The number of carboxylic acids is 1. The van der Waals surface area contributed by atoms with Crippen LogP contribution in [0.15, 0.2) is 0 Å². The number of piperidine rings is 1. The lowest BCUT2D eigenvalue weighted by Crippen LogP contribution is -2.48. The van der Waals surface area contributed by atoms with E-state index in [4.69, 9.17) is 5.11 Å². The Morgan fingerprint density at radius 2 is 2.06 bits per heavy atom. The zero-order chi connectivity index (χ0) is 12.3. The quantitative estimate of drug-likeness (QED) is 0.820. The van der Waals surface area contributed by atoms with Gasteiger partial charge in [-0.2, -0.15) is 0 Å². The third-order valence-electron chi connectivity index (χ3n) is 4.65. The van der Waals surface area contributed by atoms with E-state index in [2.05, 4.69) is 11.8 Å². The zero-order valence-electron chi connectivity index (χ0n) is 10.9. The van der Waals surface area contributed by atoms with Gasteiger partial charge in [0, 0.05) is 12.1 Å². The van der Waals surface area contributed by atoms with Gasteiger partial charge in [0.2, 0.25) is 0 Å². The van der Waals surface area contributed by atoms with E-state index in [1.807, 2.05) is 0 Å². The summed E-state index contributed by atoms with van der Waals surface area (Å²) in [6, 6.07) is 0.975. The number of carbonyl (C=O) groups is 1. The monoisotopic (exact) mass is 239 g/mol. The van der Waals surface area contributed by atoms with Crippen LogP contribution in [0.5, 0.6) is 0 Å². The van der Waals surface area contributed by atoms with Crippen molar-refractivity contribution in [1.29, 1.82) is 0 Å². The van der Waals surface area contributed by atoms with E-state index in [9.17, 15) is 4.79 Å². The maximum absolute atomic E-state index is 11.0. The molecule has 3 heteroatoms. The van der Waals surface area contributed by atoms with Gasteiger partial charge < -0.3 is 5.11 Å². The molecule has 1 N–H and O–H groups in total. The molecule has 2 aliphatic rings. The number of likely N-dealkylation sites (tertiary alicyclic amines) is 1. The van der Waals surface area contributed by atoms with Gasteiger partial charge in [0.05, 0.1) is 6.42 Å². The summed E-state index contributed by atoms with van der Waals surface area (Å²) in [7, 11) is 0. The maximum Gasteiger partial charge on any atom is 0.304 e. The molecule has 3 atom stereocenters. The molecule has 17 heavy (non-hydrogen) atoms. The number of nitrogens with zero attached hydrogens (tertiary/aromatic N) is 1. The van der Waals surface area contributed by atoms with Crippen LogP contribution in [-0.4, -0.2) is 34.6 Å². The van der Waals surface area contributed by atoms with Crippen molar-refractivity contribution in [3.63, 3.8) is 0 Å². The molecule has 0 radical (unpaired) electrons. The predicted molar refractivity (Wildman–Crippen MR) is 68.0 cm³/mol. The Balaban J connectivity index is 2.02. The molecular weight excluding hydrogens is 214 g/mol. The van der Waals surface area contributed by atoms with E-state index in [1.54, 1.807) is 0 Å². The van der Waals surface area contributed by atoms with Gasteiger partial charge in [-0.3, -0.25) is 9.69 Å². The highest BCUT2D eigenvalue weighted by molar-refractivity contribution is 5.67.